The normalized spacial score (nSPS) is 9.76. The summed E-state index contributed by atoms with van der Waals surface area (Å²) in [6.07, 6.45) is 3.07. The quantitative estimate of drug-likeness (QED) is 0.297. The van der Waals surface area contributed by atoms with Crippen LogP contribution in [0.25, 0.3) is 0 Å². The third kappa shape index (κ3) is 5.18. The van der Waals surface area contributed by atoms with Gasteiger partial charge in [-0.3, -0.25) is 4.79 Å². The fourth-order valence-electron chi connectivity index (χ4n) is 1.93. The van der Waals surface area contributed by atoms with Crippen molar-refractivity contribution in [2.24, 2.45) is 0 Å². The number of ketones is 1. The number of rotatable bonds is 8. The van der Waals surface area contributed by atoms with E-state index in [9.17, 15) is 4.79 Å². The Labute approximate surface area is 148 Å². The molecule has 112 valence electrons. The largest absolute Gasteiger partial charge is 1.00 e. The summed E-state index contributed by atoms with van der Waals surface area (Å²) < 4.78 is 16.6. The van der Waals surface area contributed by atoms with E-state index in [0.717, 1.165) is 19.0 Å². The minimum atomic E-state index is -0.0154. The van der Waals surface area contributed by atoms with E-state index in [1.165, 1.54) is 21.3 Å². The molecule has 0 saturated heterocycles. The Hall–Kier alpha value is -0.203. The van der Waals surface area contributed by atoms with Gasteiger partial charge in [0, 0.05) is 12.5 Å². The maximum Gasteiger partial charge on any atom is 1.00 e. The molecule has 0 unspecified atom stereocenters. The Morgan fingerprint density at radius 1 is 1.14 bits per heavy atom. The van der Waals surface area contributed by atoms with Crippen LogP contribution in [0.15, 0.2) is 10.5 Å². The Bertz CT molecular complexity index is 483. The number of ether oxygens (including phenoxy) is 3. The van der Waals surface area contributed by atoms with Gasteiger partial charge in [-0.2, -0.15) is 6.16 Å². The fraction of sp³-hybridized carbons (Fsp3) is 0.500. The maximum absolute atomic E-state index is 12.4. The van der Waals surface area contributed by atoms with E-state index in [1.54, 1.807) is 6.07 Å². The number of benzene rings is 1. The second kappa shape index (κ2) is 10.5. The first-order chi connectivity index (χ1) is 9.60. The molecule has 0 bridgehead atoms. The van der Waals surface area contributed by atoms with E-state index >= 15 is 0 Å². The van der Waals surface area contributed by atoms with Crippen molar-refractivity contribution in [3.63, 3.8) is 0 Å². The van der Waals surface area contributed by atoms with Crippen molar-refractivity contribution in [2.45, 2.75) is 19.3 Å². The van der Waals surface area contributed by atoms with Crippen molar-refractivity contribution in [2.75, 3.05) is 27.5 Å². The SMILES string of the molecule is COc1cc(Br)c(OC)c(C(=O)CCCC[PH-])c1OC.[Li+]. The van der Waals surface area contributed by atoms with E-state index in [-0.39, 0.29) is 24.6 Å². The summed E-state index contributed by atoms with van der Waals surface area (Å²) in [5, 5.41) is 0. The summed E-state index contributed by atoms with van der Waals surface area (Å²) >= 11 is 3.39. The summed E-state index contributed by atoms with van der Waals surface area (Å²) in [5.41, 5.74) is 0.426. The maximum atomic E-state index is 12.4. The van der Waals surface area contributed by atoms with Crippen LogP contribution in [0.3, 0.4) is 0 Å². The number of carbonyl (C=O) groups is 1. The van der Waals surface area contributed by atoms with Gasteiger partial charge in [0.15, 0.2) is 17.3 Å². The number of Topliss-reactive ketones (excluding diaryl/α,β-unsaturated/α-hetero) is 1. The molecular formula is C14H19BrLiO4P. The van der Waals surface area contributed by atoms with Crippen LogP contribution in [-0.4, -0.2) is 33.3 Å². The van der Waals surface area contributed by atoms with Crippen molar-refractivity contribution in [1.82, 2.24) is 0 Å². The van der Waals surface area contributed by atoms with Gasteiger partial charge in [-0.25, -0.2) is 0 Å². The molecule has 0 aliphatic rings. The molecule has 0 atom stereocenters. The van der Waals surface area contributed by atoms with E-state index in [4.69, 9.17) is 14.2 Å². The van der Waals surface area contributed by atoms with E-state index in [2.05, 4.69) is 25.2 Å². The summed E-state index contributed by atoms with van der Waals surface area (Å²) in [4.78, 5) is 12.4. The second-order valence-corrected chi connectivity index (χ2v) is 5.49. The van der Waals surface area contributed by atoms with Gasteiger partial charge in [0.2, 0.25) is 0 Å². The summed E-state index contributed by atoms with van der Waals surface area (Å²) in [5.74, 6) is 1.38. The van der Waals surface area contributed by atoms with Crippen molar-refractivity contribution < 1.29 is 37.9 Å². The van der Waals surface area contributed by atoms with Gasteiger partial charge in [0.1, 0.15) is 11.3 Å². The zero-order chi connectivity index (χ0) is 15.1. The average Bonchev–Trinajstić information content (AvgIpc) is 2.45. The molecule has 4 nitrogen and oxygen atoms in total. The molecule has 0 radical (unpaired) electrons. The van der Waals surface area contributed by atoms with Crippen molar-refractivity contribution in [1.29, 1.82) is 0 Å². The first kappa shape index (κ1) is 20.8. The molecule has 0 amide bonds. The molecular weight excluding hydrogens is 350 g/mol. The van der Waals surface area contributed by atoms with Gasteiger partial charge in [-0.1, -0.05) is 6.42 Å². The van der Waals surface area contributed by atoms with E-state index < -0.39 is 0 Å². The van der Waals surface area contributed by atoms with Gasteiger partial charge >= 0.3 is 18.9 Å². The van der Waals surface area contributed by atoms with Crippen molar-refractivity contribution >= 4 is 31.0 Å². The molecule has 0 aliphatic carbocycles. The molecule has 1 aromatic rings. The fourth-order valence-corrected chi connectivity index (χ4v) is 2.75. The number of methoxy groups -OCH3 is 3. The Kier molecular flexibility index (Phi) is 10.4. The van der Waals surface area contributed by atoms with Gasteiger partial charge in [0.25, 0.3) is 0 Å². The average molecular weight is 369 g/mol. The molecule has 0 heterocycles. The number of unbranched alkanes of at least 4 members (excludes halogenated alkanes) is 1. The van der Waals surface area contributed by atoms with Gasteiger partial charge in [-0.05, 0) is 22.4 Å². The number of carbonyl (C=O) groups excluding carboxylic acids is 1. The minimum absolute atomic E-state index is 0. The number of hydrogen-bond donors (Lipinski definition) is 0. The van der Waals surface area contributed by atoms with Crippen molar-refractivity contribution in [3.05, 3.63) is 16.1 Å². The van der Waals surface area contributed by atoms with E-state index in [1.807, 2.05) is 0 Å². The van der Waals surface area contributed by atoms with Crippen LogP contribution in [0, 0.1) is 0 Å². The van der Waals surface area contributed by atoms with Crippen LogP contribution >= 0.6 is 25.2 Å². The molecule has 0 aromatic heterocycles. The predicted molar refractivity (Wildman–Crippen MR) is 85.2 cm³/mol. The molecule has 1 rings (SSSR count). The standard InChI is InChI=1S/C14H19BrO4P.Li/c1-17-11-8-9(15)13(18-2)12(14(11)19-3)10(16)6-4-5-7-20;/h8,20H,4-7H2,1-3H3;/q-1;+1. The minimum Gasteiger partial charge on any atom is -0.558 e. The van der Waals surface area contributed by atoms with Crippen LogP contribution in [0.1, 0.15) is 29.6 Å². The smallest absolute Gasteiger partial charge is 0.558 e. The third-order valence-electron chi connectivity index (χ3n) is 2.89. The van der Waals surface area contributed by atoms with Gasteiger partial charge in [0.05, 0.1) is 25.8 Å². The van der Waals surface area contributed by atoms with Crippen LogP contribution < -0.4 is 33.1 Å². The monoisotopic (exact) mass is 368 g/mol. The zero-order valence-electron chi connectivity index (χ0n) is 12.9. The van der Waals surface area contributed by atoms with Crippen LogP contribution in [-0.2, 0) is 0 Å². The zero-order valence-corrected chi connectivity index (χ0v) is 15.5. The molecule has 0 saturated carbocycles. The number of hydrogen-bond acceptors (Lipinski definition) is 4. The predicted octanol–water partition coefficient (Wildman–Crippen LogP) is 0.975. The topological polar surface area (TPSA) is 44.8 Å². The Morgan fingerprint density at radius 3 is 2.24 bits per heavy atom. The van der Waals surface area contributed by atoms with Gasteiger partial charge < -0.3 is 23.5 Å². The summed E-state index contributed by atoms with van der Waals surface area (Å²) in [7, 11) is 7.98. The van der Waals surface area contributed by atoms with Crippen LogP contribution in [0.2, 0.25) is 0 Å². The van der Waals surface area contributed by atoms with Gasteiger partial charge in [-0.15, -0.1) is 0 Å². The number of halogens is 1. The van der Waals surface area contributed by atoms with Crippen LogP contribution in [0.4, 0.5) is 0 Å². The second-order valence-electron chi connectivity index (χ2n) is 4.13. The molecule has 0 aliphatic heterocycles. The summed E-state index contributed by atoms with van der Waals surface area (Å²) in [6, 6.07) is 1.73. The van der Waals surface area contributed by atoms with Crippen LogP contribution in [0.5, 0.6) is 17.2 Å². The Balaban J connectivity index is 0.00000400. The van der Waals surface area contributed by atoms with E-state index in [0.29, 0.717) is 33.7 Å². The summed E-state index contributed by atoms with van der Waals surface area (Å²) in [6.45, 7) is 0. The first-order valence-corrected chi connectivity index (χ1v) is 7.76. The molecule has 21 heavy (non-hydrogen) atoms. The first-order valence-electron chi connectivity index (χ1n) is 6.26. The molecule has 0 spiro atoms. The molecule has 0 N–H and O–H groups in total. The molecule has 0 fully saturated rings. The van der Waals surface area contributed by atoms with Crippen molar-refractivity contribution in [3.8, 4) is 17.2 Å². The third-order valence-corrected chi connectivity index (χ3v) is 3.83. The molecule has 7 heteroatoms. The molecule has 1 aromatic carbocycles. The Morgan fingerprint density at radius 2 is 1.76 bits per heavy atom.